The second-order valence-corrected chi connectivity index (χ2v) is 8.39. The molecule has 5 nitrogen and oxygen atoms in total. The van der Waals surface area contributed by atoms with E-state index in [4.69, 9.17) is 28.9 Å². The molecule has 0 aliphatic rings. The van der Waals surface area contributed by atoms with Gasteiger partial charge in [-0.3, -0.25) is 14.6 Å². The van der Waals surface area contributed by atoms with Gasteiger partial charge in [0, 0.05) is 34.4 Å². The minimum absolute atomic E-state index is 0.0149. The highest BCUT2D eigenvalue weighted by Gasteiger charge is 2.32. The SMILES string of the molecule is Cc1ccc(N=C/C(=C\N)C(=O)c2cc(Cl)ccc2NC(=O)c2cccc(CCl)c2)cc1C(F)(F)F. The quantitative estimate of drug-likeness (QED) is 0.147. The van der Waals surface area contributed by atoms with Gasteiger partial charge >= 0.3 is 6.18 Å². The molecule has 0 unspecified atom stereocenters. The van der Waals surface area contributed by atoms with Crippen LogP contribution in [0.4, 0.5) is 24.5 Å². The molecule has 0 spiro atoms. The number of aliphatic imine (C=N–C) groups is 1. The van der Waals surface area contributed by atoms with Crippen molar-refractivity contribution in [2.24, 2.45) is 10.7 Å². The fraction of sp³-hybridized carbons (Fsp3) is 0.115. The molecule has 186 valence electrons. The van der Waals surface area contributed by atoms with Gasteiger partial charge in [-0.25, -0.2) is 0 Å². The average molecular weight is 534 g/mol. The second kappa shape index (κ2) is 11.4. The zero-order valence-electron chi connectivity index (χ0n) is 18.9. The lowest BCUT2D eigenvalue weighted by Gasteiger charge is -2.12. The molecule has 36 heavy (non-hydrogen) atoms. The van der Waals surface area contributed by atoms with E-state index < -0.39 is 23.4 Å². The molecule has 3 N–H and O–H groups in total. The zero-order valence-corrected chi connectivity index (χ0v) is 20.4. The number of hydrogen-bond acceptors (Lipinski definition) is 4. The number of amides is 1. The van der Waals surface area contributed by atoms with E-state index in [1.807, 2.05) is 0 Å². The summed E-state index contributed by atoms with van der Waals surface area (Å²) in [5.41, 5.74) is 5.95. The fourth-order valence-electron chi connectivity index (χ4n) is 3.28. The van der Waals surface area contributed by atoms with Crippen LogP contribution in [0.2, 0.25) is 5.02 Å². The summed E-state index contributed by atoms with van der Waals surface area (Å²) in [5, 5.41) is 2.89. The van der Waals surface area contributed by atoms with Gasteiger partial charge in [-0.15, -0.1) is 11.6 Å². The van der Waals surface area contributed by atoms with Gasteiger partial charge in [0.05, 0.1) is 22.5 Å². The summed E-state index contributed by atoms with van der Waals surface area (Å²) >= 11 is 11.9. The molecule has 0 fully saturated rings. The molecule has 0 heterocycles. The lowest BCUT2D eigenvalue weighted by atomic mass is 10.0. The van der Waals surface area contributed by atoms with Crippen molar-refractivity contribution in [1.82, 2.24) is 0 Å². The lowest BCUT2D eigenvalue weighted by molar-refractivity contribution is -0.138. The van der Waals surface area contributed by atoms with E-state index in [0.29, 0.717) is 5.56 Å². The van der Waals surface area contributed by atoms with Crippen LogP contribution in [0, 0.1) is 6.92 Å². The van der Waals surface area contributed by atoms with Crippen LogP contribution < -0.4 is 11.1 Å². The minimum Gasteiger partial charge on any atom is -0.404 e. The number of carbonyl (C=O) groups excluding carboxylic acids is 2. The van der Waals surface area contributed by atoms with Crippen LogP contribution in [0.15, 0.2) is 77.4 Å². The van der Waals surface area contributed by atoms with Crippen LogP contribution in [0.5, 0.6) is 0 Å². The molecule has 3 aromatic rings. The summed E-state index contributed by atoms with van der Waals surface area (Å²) < 4.78 is 39.6. The Morgan fingerprint density at radius 3 is 2.50 bits per heavy atom. The van der Waals surface area contributed by atoms with Crippen molar-refractivity contribution < 1.29 is 22.8 Å². The topological polar surface area (TPSA) is 84.5 Å². The first kappa shape index (κ1) is 27.0. The molecule has 0 aliphatic heterocycles. The highest BCUT2D eigenvalue weighted by Crippen LogP contribution is 2.34. The number of ketones is 1. The number of aryl methyl sites for hydroxylation is 1. The summed E-state index contributed by atoms with van der Waals surface area (Å²) in [7, 11) is 0. The van der Waals surface area contributed by atoms with E-state index in [0.717, 1.165) is 24.0 Å². The largest absolute Gasteiger partial charge is 0.416 e. The van der Waals surface area contributed by atoms with Crippen LogP contribution in [0.25, 0.3) is 0 Å². The summed E-state index contributed by atoms with van der Waals surface area (Å²) in [6.45, 7) is 1.34. The third-order valence-electron chi connectivity index (χ3n) is 5.14. The Hall–Kier alpha value is -3.62. The van der Waals surface area contributed by atoms with Crippen molar-refractivity contribution in [3.05, 3.63) is 105 Å². The fourth-order valence-corrected chi connectivity index (χ4v) is 3.61. The van der Waals surface area contributed by atoms with Crippen molar-refractivity contribution in [2.45, 2.75) is 19.0 Å². The molecule has 10 heteroatoms. The van der Waals surface area contributed by atoms with E-state index in [2.05, 4.69) is 10.3 Å². The number of nitrogens with zero attached hydrogens (tertiary/aromatic N) is 1. The third-order valence-corrected chi connectivity index (χ3v) is 5.68. The van der Waals surface area contributed by atoms with Crippen LogP contribution in [0.1, 0.15) is 37.4 Å². The number of carbonyl (C=O) groups is 2. The molecule has 1 amide bonds. The number of halogens is 5. The Morgan fingerprint density at radius 1 is 1.08 bits per heavy atom. The van der Waals surface area contributed by atoms with E-state index in [1.54, 1.807) is 24.3 Å². The zero-order chi connectivity index (χ0) is 26.5. The van der Waals surface area contributed by atoms with E-state index in [9.17, 15) is 22.8 Å². The van der Waals surface area contributed by atoms with Crippen LogP contribution >= 0.6 is 23.2 Å². The number of Topliss-reactive ketones (excluding diaryl/α,β-unsaturated/α-hetero) is 1. The number of nitrogens with two attached hydrogens (primary N) is 1. The number of nitrogens with one attached hydrogen (secondary N) is 1. The number of benzene rings is 3. The predicted octanol–water partition coefficient (Wildman–Crippen LogP) is 7.09. The molecule has 0 bridgehead atoms. The maximum Gasteiger partial charge on any atom is 0.416 e. The highest BCUT2D eigenvalue weighted by atomic mass is 35.5. The number of hydrogen-bond donors (Lipinski definition) is 2. The number of anilines is 1. The van der Waals surface area contributed by atoms with Crippen molar-refractivity contribution in [1.29, 1.82) is 0 Å². The predicted molar refractivity (Wildman–Crippen MR) is 136 cm³/mol. The summed E-state index contributed by atoms with van der Waals surface area (Å²) in [6.07, 6.45) is -2.51. The number of allylic oxidation sites excluding steroid dienone is 1. The number of alkyl halides is 4. The Morgan fingerprint density at radius 2 is 1.83 bits per heavy atom. The minimum atomic E-state index is -4.55. The van der Waals surface area contributed by atoms with Gasteiger partial charge in [0.2, 0.25) is 0 Å². The van der Waals surface area contributed by atoms with E-state index in [-0.39, 0.29) is 39.0 Å². The molecule has 3 aromatic carbocycles. The van der Waals surface area contributed by atoms with Crippen molar-refractivity contribution in [3.8, 4) is 0 Å². The Bertz CT molecular complexity index is 1370. The smallest absolute Gasteiger partial charge is 0.404 e. The third kappa shape index (κ3) is 6.53. The van der Waals surface area contributed by atoms with Gasteiger partial charge in [0.25, 0.3) is 5.91 Å². The van der Waals surface area contributed by atoms with Gasteiger partial charge in [0.15, 0.2) is 5.78 Å². The van der Waals surface area contributed by atoms with Gasteiger partial charge < -0.3 is 11.1 Å². The standard InChI is InChI=1S/C26H20Cl2F3N3O2/c1-15-5-7-20(11-22(15)26(29,30)31)33-14-18(13-32)24(35)21-10-19(28)6-8-23(21)34-25(36)17-4-2-3-16(9-17)12-27/h2-11,13-14H,12,32H2,1H3,(H,34,36)/b18-13+,33-14?. The molecule has 0 saturated heterocycles. The van der Waals surface area contributed by atoms with Crippen molar-refractivity contribution >= 4 is 52.5 Å². The van der Waals surface area contributed by atoms with Crippen molar-refractivity contribution in [3.63, 3.8) is 0 Å². The Kier molecular flexibility index (Phi) is 8.55. The lowest BCUT2D eigenvalue weighted by Crippen LogP contribution is -2.16. The molecular weight excluding hydrogens is 514 g/mol. The molecule has 0 atom stereocenters. The normalized spacial score (nSPS) is 12.1. The summed E-state index contributed by atoms with van der Waals surface area (Å²) in [5.74, 6) is -0.900. The summed E-state index contributed by atoms with van der Waals surface area (Å²) in [6, 6.07) is 14.5. The van der Waals surface area contributed by atoms with Crippen LogP contribution in [0.3, 0.4) is 0 Å². The van der Waals surface area contributed by atoms with Gasteiger partial charge in [-0.05, 0) is 60.5 Å². The first-order valence-electron chi connectivity index (χ1n) is 10.5. The van der Waals surface area contributed by atoms with Gasteiger partial charge in [-0.2, -0.15) is 13.2 Å². The Labute approximate surface area is 215 Å². The van der Waals surface area contributed by atoms with Gasteiger partial charge in [0.1, 0.15) is 0 Å². The Balaban J connectivity index is 1.90. The first-order chi connectivity index (χ1) is 17.0. The molecule has 3 rings (SSSR count). The average Bonchev–Trinajstić information content (AvgIpc) is 2.85. The molecular formula is C26H20Cl2F3N3O2. The number of rotatable bonds is 7. The van der Waals surface area contributed by atoms with Crippen LogP contribution in [-0.2, 0) is 12.1 Å². The molecule has 0 radical (unpaired) electrons. The maximum atomic E-state index is 13.2. The summed E-state index contributed by atoms with van der Waals surface area (Å²) in [4.78, 5) is 30.0. The van der Waals surface area contributed by atoms with Crippen molar-refractivity contribution in [2.75, 3.05) is 5.32 Å². The monoisotopic (exact) mass is 533 g/mol. The molecule has 0 saturated carbocycles. The van der Waals surface area contributed by atoms with E-state index in [1.165, 1.54) is 37.3 Å². The van der Waals surface area contributed by atoms with Gasteiger partial charge in [-0.1, -0.05) is 29.8 Å². The van der Waals surface area contributed by atoms with E-state index >= 15 is 0 Å². The molecule has 0 aromatic heterocycles. The maximum absolute atomic E-state index is 13.2. The van der Waals surface area contributed by atoms with Crippen LogP contribution in [-0.4, -0.2) is 17.9 Å². The first-order valence-corrected chi connectivity index (χ1v) is 11.4. The second-order valence-electron chi connectivity index (χ2n) is 7.68. The highest BCUT2D eigenvalue weighted by molar-refractivity contribution is 6.32. The molecule has 0 aliphatic carbocycles.